The summed E-state index contributed by atoms with van der Waals surface area (Å²) in [5, 5.41) is 18.1. The van der Waals surface area contributed by atoms with Gasteiger partial charge in [0.1, 0.15) is 11.2 Å². The van der Waals surface area contributed by atoms with Crippen LogP contribution in [0.5, 0.6) is 5.75 Å². The molecular weight excluding hydrogens is 248 g/mol. The molecule has 5 nitrogen and oxygen atoms in total. The molecule has 1 unspecified atom stereocenters. The predicted octanol–water partition coefficient (Wildman–Crippen LogP) is 2.29. The lowest BCUT2D eigenvalue weighted by molar-refractivity contribution is -0.149. The van der Waals surface area contributed by atoms with Crippen molar-refractivity contribution in [3.63, 3.8) is 0 Å². The van der Waals surface area contributed by atoms with E-state index in [0.717, 1.165) is 6.42 Å². The zero-order valence-electron chi connectivity index (χ0n) is 11.0. The van der Waals surface area contributed by atoms with E-state index >= 15 is 0 Å². The molecule has 5 heteroatoms. The zero-order chi connectivity index (χ0) is 14.5. The Kier molecular flexibility index (Phi) is 4.92. The molecule has 0 saturated carbocycles. The number of hydrogen-bond donors (Lipinski definition) is 2. The highest BCUT2D eigenvalue weighted by Crippen LogP contribution is 2.29. The molecule has 0 bridgehead atoms. The van der Waals surface area contributed by atoms with E-state index in [1.165, 1.54) is 6.92 Å². The second kappa shape index (κ2) is 6.22. The summed E-state index contributed by atoms with van der Waals surface area (Å²) in [5.41, 5.74) is -0.985. The summed E-state index contributed by atoms with van der Waals surface area (Å²) >= 11 is 0. The molecule has 1 rings (SSSR count). The molecule has 1 aromatic carbocycles. The highest BCUT2D eigenvalue weighted by molar-refractivity contribution is 5.86. The summed E-state index contributed by atoms with van der Waals surface area (Å²) in [6.45, 7) is 3.98. The van der Waals surface area contributed by atoms with E-state index in [4.69, 9.17) is 9.84 Å². The number of benzene rings is 1. The number of hydrogen-bond acceptors (Lipinski definition) is 3. The molecule has 0 aromatic heterocycles. The van der Waals surface area contributed by atoms with Crippen LogP contribution in [0.25, 0.3) is 0 Å². The topological polar surface area (TPSA) is 83.8 Å². The molecule has 0 saturated heterocycles. The van der Waals surface area contributed by atoms with Gasteiger partial charge in [0.2, 0.25) is 0 Å². The van der Waals surface area contributed by atoms with E-state index in [1.54, 1.807) is 24.3 Å². The molecule has 0 spiro atoms. The van der Waals surface area contributed by atoms with Crippen molar-refractivity contribution < 1.29 is 24.5 Å². The van der Waals surface area contributed by atoms with E-state index in [2.05, 4.69) is 0 Å². The Morgan fingerprint density at radius 1 is 1.21 bits per heavy atom. The molecule has 1 aromatic rings. The third kappa shape index (κ3) is 3.71. The van der Waals surface area contributed by atoms with Crippen molar-refractivity contribution in [3.05, 3.63) is 29.8 Å². The van der Waals surface area contributed by atoms with Crippen molar-refractivity contribution in [2.75, 3.05) is 6.61 Å². The van der Waals surface area contributed by atoms with Crippen LogP contribution in [-0.4, -0.2) is 28.8 Å². The maximum Gasteiger partial charge on any atom is 0.314 e. The Hall–Kier alpha value is -2.04. The Bertz CT molecular complexity index is 451. The van der Waals surface area contributed by atoms with E-state index in [-0.39, 0.29) is 0 Å². The highest BCUT2D eigenvalue weighted by atomic mass is 16.5. The van der Waals surface area contributed by atoms with Crippen molar-refractivity contribution in [2.24, 2.45) is 0 Å². The quantitative estimate of drug-likeness (QED) is 0.791. The zero-order valence-corrected chi connectivity index (χ0v) is 11.0. The van der Waals surface area contributed by atoms with Crippen molar-refractivity contribution in [2.45, 2.75) is 32.1 Å². The van der Waals surface area contributed by atoms with Gasteiger partial charge in [-0.1, -0.05) is 19.1 Å². The molecule has 0 aliphatic rings. The minimum Gasteiger partial charge on any atom is -0.494 e. The molecule has 0 amide bonds. The van der Waals surface area contributed by atoms with Gasteiger partial charge in [-0.15, -0.1) is 0 Å². The summed E-state index contributed by atoms with van der Waals surface area (Å²) in [7, 11) is 0. The second-order valence-corrected chi connectivity index (χ2v) is 4.58. The van der Waals surface area contributed by atoms with Gasteiger partial charge in [0.25, 0.3) is 0 Å². The summed E-state index contributed by atoms with van der Waals surface area (Å²) < 4.78 is 5.40. The standard InChI is InChI=1S/C14H18O5/c1-3-8-19-11-6-4-10(5-7-11)14(2,13(17)18)9-12(15)16/h4-7H,3,8-9H2,1-2H3,(H,15,16)(H,17,18). The SMILES string of the molecule is CCCOc1ccc(C(C)(CC(=O)O)C(=O)O)cc1. The van der Waals surface area contributed by atoms with Crippen LogP contribution in [0, 0.1) is 0 Å². The van der Waals surface area contributed by atoms with Gasteiger partial charge in [0, 0.05) is 0 Å². The number of aliphatic carboxylic acids is 2. The number of carboxylic acids is 2. The molecule has 0 fully saturated rings. The smallest absolute Gasteiger partial charge is 0.314 e. The predicted molar refractivity (Wildman–Crippen MR) is 69.5 cm³/mol. The summed E-state index contributed by atoms with van der Waals surface area (Å²) in [4.78, 5) is 22.1. The van der Waals surface area contributed by atoms with Gasteiger partial charge in [0.15, 0.2) is 0 Å². The van der Waals surface area contributed by atoms with Gasteiger partial charge in [-0.05, 0) is 31.0 Å². The van der Waals surface area contributed by atoms with Crippen molar-refractivity contribution in [3.8, 4) is 5.75 Å². The summed E-state index contributed by atoms with van der Waals surface area (Å²) in [6, 6.07) is 6.52. The van der Waals surface area contributed by atoms with Crippen LogP contribution in [0.15, 0.2) is 24.3 Å². The van der Waals surface area contributed by atoms with Crippen LogP contribution >= 0.6 is 0 Å². The number of carbonyl (C=O) groups is 2. The van der Waals surface area contributed by atoms with Gasteiger partial charge in [-0.2, -0.15) is 0 Å². The third-order valence-corrected chi connectivity index (χ3v) is 2.94. The van der Waals surface area contributed by atoms with Gasteiger partial charge < -0.3 is 14.9 Å². The lowest BCUT2D eigenvalue weighted by Gasteiger charge is -2.23. The van der Waals surface area contributed by atoms with E-state index in [9.17, 15) is 14.7 Å². The van der Waals surface area contributed by atoms with Crippen LogP contribution in [0.2, 0.25) is 0 Å². The van der Waals surface area contributed by atoms with Gasteiger partial charge in [0.05, 0.1) is 13.0 Å². The first-order valence-electron chi connectivity index (χ1n) is 6.08. The highest BCUT2D eigenvalue weighted by Gasteiger charge is 2.37. The summed E-state index contributed by atoms with van der Waals surface area (Å²) in [5.74, 6) is -1.65. The van der Waals surface area contributed by atoms with E-state index < -0.39 is 23.8 Å². The average Bonchev–Trinajstić information content (AvgIpc) is 2.35. The van der Waals surface area contributed by atoms with Crippen LogP contribution in [0.4, 0.5) is 0 Å². The molecule has 2 N–H and O–H groups in total. The Labute approximate surface area is 111 Å². The molecule has 0 aliphatic heterocycles. The lowest BCUT2D eigenvalue weighted by atomic mass is 9.79. The fraction of sp³-hybridized carbons (Fsp3) is 0.429. The van der Waals surface area contributed by atoms with Crippen molar-refractivity contribution >= 4 is 11.9 Å². The van der Waals surface area contributed by atoms with Gasteiger partial charge in [-0.3, -0.25) is 9.59 Å². The fourth-order valence-electron chi connectivity index (χ4n) is 1.74. The van der Waals surface area contributed by atoms with Crippen LogP contribution < -0.4 is 4.74 Å². The maximum atomic E-state index is 11.3. The minimum atomic E-state index is -1.44. The van der Waals surface area contributed by atoms with Gasteiger partial charge >= 0.3 is 11.9 Å². The lowest BCUT2D eigenvalue weighted by Crippen LogP contribution is -2.34. The first-order valence-corrected chi connectivity index (χ1v) is 6.08. The molecule has 1 atom stereocenters. The molecule has 19 heavy (non-hydrogen) atoms. The number of ether oxygens (including phenoxy) is 1. The van der Waals surface area contributed by atoms with Gasteiger partial charge in [-0.25, -0.2) is 0 Å². The van der Waals surface area contributed by atoms with E-state index in [1.807, 2.05) is 6.92 Å². The Balaban J connectivity index is 2.98. The molecule has 104 valence electrons. The molecule has 0 heterocycles. The maximum absolute atomic E-state index is 11.3. The first-order chi connectivity index (χ1) is 8.90. The summed E-state index contributed by atoms with van der Waals surface area (Å²) in [6.07, 6.45) is 0.422. The van der Waals surface area contributed by atoms with E-state index in [0.29, 0.717) is 17.9 Å². The Morgan fingerprint density at radius 3 is 2.21 bits per heavy atom. The largest absolute Gasteiger partial charge is 0.494 e. The fourth-order valence-corrected chi connectivity index (χ4v) is 1.74. The monoisotopic (exact) mass is 266 g/mol. The van der Waals surface area contributed by atoms with Crippen LogP contribution in [0.3, 0.4) is 0 Å². The Morgan fingerprint density at radius 2 is 1.79 bits per heavy atom. The molecule has 0 radical (unpaired) electrons. The molecule has 0 aliphatic carbocycles. The first kappa shape index (κ1) is 15.0. The van der Waals surface area contributed by atoms with Crippen LogP contribution in [-0.2, 0) is 15.0 Å². The average molecular weight is 266 g/mol. The van der Waals surface area contributed by atoms with Crippen LogP contribution in [0.1, 0.15) is 32.3 Å². The van der Waals surface area contributed by atoms with Crippen molar-refractivity contribution in [1.82, 2.24) is 0 Å². The van der Waals surface area contributed by atoms with Crippen molar-refractivity contribution in [1.29, 1.82) is 0 Å². The normalized spacial score (nSPS) is 13.6. The number of carboxylic acid groups (broad SMARTS) is 2. The minimum absolute atomic E-state index is 0.450. The second-order valence-electron chi connectivity index (χ2n) is 4.58. The molecular formula is C14H18O5. The number of rotatable bonds is 7. The third-order valence-electron chi connectivity index (χ3n) is 2.94.